The van der Waals surface area contributed by atoms with Crippen LogP contribution in [0.25, 0.3) is 11.0 Å². The summed E-state index contributed by atoms with van der Waals surface area (Å²) in [6, 6.07) is 11.2. The van der Waals surface area contributed by atoms with Crippen LogP contribution in [-0.4, -0.2) is 9.55 Å². The van der Waals surface area contributed by atoms with Crippen molar-refractivity contribution < 1.29 is 0 Å². The van der Waals surface area contributed by atoms with Crippen molar-refractivity contribution in [1.82, 2.24) is 9.55 Å². The van der Waals surface area contributed by atoms with E-state index in [0.717, 1.165) is 16.7 Å². The summed E-state index contributed by atoms with van der Waals surface area (Å²) in [6.07, 6.45) is 1.02. The Balaban J connectivity index is 2.02. The summed E-state index contributed by atoms with van der Waals surface area (Å²) < 4.78 is 3.05. The molecule has 0 saturated carbocycles. The highest BCUT2D eigenvalue weighted by Gasteiger charge is 2.12. The number of thiophene rings is 1. The van der Waals surface area contributed by atoms with Gasteiger partial charge in [0.2, 0.25) is 0 Å². The second-order valence-electron chi connectivity index (χ2n) is 5.39. The molecule has 2 nitrogen and oxygen atoms in total. The molecule has 1 unspecified atom stereocenters. The number of aromatic amines is 1. The first-order valence-corrected chi connectivity index (χ1v) is 8.03. The van der Waals surface area contributed by atoms with E-state index in [2.05, 4.69) is 60.7 Å². The van der Waals surface area contributed by atoms with Crippen molar-refractivity contribution in [2.24, 2.45) is 0 Å². The molecular weight excluding hydrogens is 284 g/mol. The molecule has 1 atom stereocenters. The van der Waals surface area contributed by atoms with Gasteiger partial charge in [0.05, 0.1) is 11.0 Å². The lowest BCUT2D eigenvalue weighted by atomic mass is 10.1. The van der Waals surface area contributed by atoms with E-state index in [1.54, 1.807) is 0 Å². The minimum atomic E-state index is 0.357. The van der Waals surface area contributed by atoms with Crippen LogP contribution in [-0.2, 0) is 6.42 Å². The van der Waals surface area contributed by atoms with Crippen LogP contribution in [0.1, 0.15) is 28.3 Å². The Morgan fingerprint density at radius 2 is 2.05 bits per heavy atom. The number of imidazole rings is 1. The molecule has 3 rings (SSSR count). The van der Waals surface area contributed by atoms with Crippen LogP contribution in [0.3, 0.4) is 0 Å². The lowest BCUT2D eigenvalue weighted by Gasteiger charge is -2.14. The Morgan fingerprint density at radius 3 is 2.75 bits per heavy atom. The van der Waals surface area contributed by atoms with Gasteiger partial charge in [0.15, 0.2) is 4.77 Å². The molecule has 1 N–H and O–H groups in total. The lowest BCUT2D eigenvalue weighted by molar-refractivity contribution is 0.557. The molecule has 4 heteroatoms. The molecule has 0 aliphatic rings. The molecule has 0 aliphatic heterocycles. The highest BCUT2D eigenvalue weighted by Crippen LogP contribution is 2.25. The van der Waals surface area contributed by atoms with Crippen LogP contribution in [0.5, 0.6) is 0 Å². The average Bonchev–Trinajstić information content (AvgIpc) is 2.91. The number of nitrogens with zero attached hydrogens (tertiary/aromatic N) is 1. The third-order valence-electron chi connectivity index (χ3n) is 3.61. The van der Waals surface area contributed by atoms with Crippen molar-refractivity contribution in [3.05, 3.63) is 50.4 Å². The van der Waals surface area contributed by atoms with Crippen LogP contribution >= 0.6 is 23.6 Å². The molecule has 0 fully saturated rings. The van der Waals surface area contributed by atoms with Crippen LogP contribution in [0.2, 0.25) is 0 Å². The van der Waals surface area contributed by atoms with Gasteiger partial charge in [-0.3, -0.25) is 0 Å². The second kappa shape index (κ2) is 5.19. The van der Waals surface area contributed by atoms with Crippen LogP contribution in [0, 0.1) is 18.6 Å². The first-order valence-electron chi connectivity index (χ1n) is 6.81. The summed E-state index contributed by atoms with van der Waals surface area (Å²) in [7, 11) is 0. The summed E-state index contributed by atoms with van der Waals surface area (Å²) >= 11 is 7.37. The summed E-state index contributed by atoms with van der Waals surface area (Å²) in [5, 5.41) is 0. The van der Waals surface area contributed by atoms with Crippen molar-refractivity contribution in [3.63, 3.8) is 0 Å². The van der Waals surface area contributed by atoms with Gasteiger partial charge >= 0.3 is 0 Å². The van der Waals surface area contributed by atoms with E-state index in [1.165, 1.54) is 20.8 Å². The van der Waals surface area contributed by atoms with E-state index in [0.29, 0.717) is 6.04 Å². The molecule has 2 heterocycles. The topological polar surface area (TPSA) is 20.7 Å². The van der Waals surface area contributed by atoms with E-state index in [-0.39, 0.29) is 0 Å². The van der Waals surface area contributed by atoms with E-state index in [9.17, 15) is 0 Å². The fraction of sp³-hybridized carbons (Fsp3) is 0.312. The van der Waals surface area contributed by atoms with E-state index in [1.807, 2.05) is 11.3 Å². The number of benzene rings is 1. The Hall–Kier alpha value is -1.39. The summed E-state index contributed by atoms with van der Waals surface area (Å²) in [5.74, 6) is 0. The average molecular weight is 302 g/mol. The van der Waals surface area contributed by atoms with Gasteiger partial charge in [-0.05, 0) is 62.8 Å². The third-order valence-corrected chi connectivity index (χ3v) is 4.93. The molecule has 3 aromatic rings. The summed E-state index contributed by atoms with van der Waals surface area (Å²) in [4.78, 5) is 6.09. The molecule has 0 aliphatic carbocycles. The monoisotopic (exact) mass is 302 g/mol. The normalized spacial score (nSPS) is 12.9. The first-order chi connectivity index (χ1) is 9.54. The van der Waals surface area contributed by atoms with Gasteiger partial charge in [-0.15, -0.1) is 11.3 Å². The maximum Gasteiger partial charge on any atom is 0.178 e. The fourth-order valence-corrected chi connectivity index (χ4v) is 4.04. The van der Waals surface area contributed by atoms with Gasteiger partial charge in [-0.1, -0.05) is 6.07 Å². The molecular formula is C16H18N2S2. The Labute approximate surface area is 128 Å². The van der Waals surface area contributed by atoms with E-state index >= 15 is 0 Å². The minimum absolute atomic E-state index is 0.357. The fourth-order valence-electron chi connectivity index (χ4n) is 2.65. The van der Waals surface area contributed by atoms with Crippen LogP contribution < -0.4 is 0 Å². The van der Waals surface area contributed by atoms with Crippen molar-refractivity contribution in [3.8, 4) is 0 Å². The summed E-state index contributed by atoms with van der Waals surface area (Å²) in [6.45, 7) is 6.51. The zero-order valence-electron chi connectivity index (χ0n) is 11.9. The highest BCUT2D eigenvalue weighted by atomic mass is 32.1. The molecule has 0 amide bonds. The Morgan fingerprint density at radius 1 is 1.25 bits per heavy atom. The molecule has 2 aromatic heterocycles. The maximum atomic E-state index is 5.50. The second-order valence-corrected chi connectivity index (χ2v) is 7.15. The number of H-pyrrole nitrogens is 1. The van der Waals surface area contributed by atoms with Gasteiger partial charge in [0.1, 0.15) is 0 Å². The number of fused-ring (bicyclic) bond motifs is 1. The van der Waals surface area contributed by atoms with E-state index < -0.39 is 0 Å². The van der Waals surface area contributed by atoms with Gasteiger partial charge in [-0.25, -0.2) is 0 Å². The lowest BCUT2D eigenvalue weighted by Crippen LogP contribution is -2.07. The Bertz CT molecular complexity index is 807. The molecule has 1 aromatic carbocycles. The van der Waals surface area contributed by atoms with Crippen molar-refractivity contribution in [1.29, 1.82) is 0 Å². The molecule has 0 saturated heterocycles. The number of aromatic nitrogens is 2. The summed E-state index contributed by atoms with van der Waals surface area (Å²) in [5.41, 5.74) is 3.59. The smallest absolute Gasteiger partial charge is 0.178 e. The predicted octanol–water partition coefficient (Wildman–Crippen LogP) is 5.18. The molecule has 20 heavy (non-hydrogen) atoms. The zero-order valence-corrected chi connectivity index (χ0v) is 13.6. The SMILES string of the molecule is Cc1ccc2[nH]c(=S)n(C(C)Cc3ccc(C)s3)c2c1. The van der Waals surface area contributed by atoms with Gasteiger partial charge in [-0.2, -0.15) is 0 Å². The van der Waals surface area contributed by atoms with Crippen molar-refractivity contribution >= 4 is 34.6 Å². The number of hydrogen-bond donors (Lipinski definition) is 1. The number of aryl methyl sites for hydroxylation is 2. The molecule has 0 spiro atoms. The molecule has 0 radical (unpaired) electrons. The number of rotatable bonds is 3. The largest absolute Gasteiger partial charge is 0.331 e. The highest BCUT2D eigenvalue weighted by molar-refractivity contribution is 7.71. The third kappa shape index (κ3) is 2.45. The number of hydrogen-bond acceptors (Lipinski definition) is 2. The van der Waals surface area contributed by atoms with Crippen LogP contribution in [0.15, 0.2) is 30.3 Å². The Kier molecular flexibility index (Phi) is 3.52. The minimum Gasteiger partial charge on any atom is -0.331 e. The van der Waals surface area contributed by atoms with E-state index in [4.69, 9.17) is 12.2 Å². The predicted molar refractivity (Wildman–Crippen MR) is 89.3 cm³/mol. The van der Waals surface area contributed by atoms with Crippen molar-refractivity contribution in [2.75, 3.05) is 0 Å². The number of nitrogens with one attached hydrogen (secondary N) is 1. The standard InChI is InChI=1S/C16H18N2S2/c1-10-4-7-14-15(8-10)18(16(19)17-14)11(2)9-13-6-5-12(3)20-13/h4-8,11H,9H2,1-3H3,(H,17,19). The van der Waals surface area contributed by atoms with Gasteiger partial charge in [0.25, 0.3) is 0 Å². The molecule has 0 bridgehead atoms. The van der Waals surface area contributed by atoms with Gasteiger partial charge in [0, 0.05) is 22.2 Å². The first kappa shape index (κ1) is 13.6. The quantitative estimate of drug-likeness (QED) is 0.661. The maximum absolute atomic E-state index is 5.50. The van der Waals surface area contributed by atoms with Crippen molar-refractivity contribution in [2.45, 2.75) is 33.2 Å². The van der Waals surface area contributed by atoms with Gasteiger partial charge < -0.3 is 9.55 Å². The zero-order chi connectivity index (χ0) is 14.3. The van der Waals surface area contributed by atoms with Crippen LogP contribution in [0.4, 0.5) is 0 Å². The molecule has 104 valence electrons.